The lowest BCUT2D eigenvalue weighted by molar-refractivity contribution is -0.139. The fourth-order valence-corrected chi connectivity index (χ4v) is 3.41. The number of carbonyl (C=O) groups is 3. The van der Waals surface area contributed by atoms with Crippen molar-refractivity contribution in [3.63, 3.8) is 0 Å². The molecule has 0 heterocycles. The van der Waals surface area contributed by atoms with Crippen molar-refractivity contribution in [1.82, 2.24) is 0 Å². The molecule has 33 heavy (non-hydrogen) atoms. The van der Waals surface area contributed by atoms with Crippen molar-refractivity contribution in [3.05, 3.63) is 56.7 Å². The molecule has 1 amide bonds. The molecule has 172 valence electrons. The quantitative estimate of drug-likeness (QED) is 0.192. The number of benzene rings is 2. The molecule has 0 aliphatic heterocycles. The van der Waals surface area contributed by atoms with Crippen LogP contribution in [0.25, 0.3) is 6.08 Å². The van der Waals surface area contributed by atoms with Gasteiger partial charge in [0.25, 0.3) is 5.91 Å². The van der Waals surface area contributed by atoms with E-state index in [0.717, 1.165) is 0 Å². The monoisotopic (exact) mass is 564 g/mol. The van der Waals surface area contributed by atoms with Gasteiger partial charge in [-0.05, 0) is 84.5 Å². The van der Waals surface area contributed by atoms with Crippen LogP contribution in [0, 0.1) is 14.9 Å². The molecule has 0 fully saturated rings. The highest BCUT2D eigenvalue weighted by Gasteiger charge is 2.16. The average Bonchev–Trinajstić information content (AvgIpc) is 2.77. The summed E-state index contributed by atoms with van der Waals surface area (Å²) in [6, 6.07) is 11.1. The molecule has 0 saturated carbocycles. The van der Waals surface area contributed by atoms with Crippen molar-refractivity contribution in [2.45, 2.75) is 13.8 Å². The van der Waals surface area contributed by atoms with Crippen LogP contribution in [-0.4, -0.2) is 42.8 Å². The molecule has 0 spiro atoms. The molecular formula is C23H21IN2O7. The maximum atomic E-state index is 12.6. The van der Waals surface area contributed by atoms with Gasteiger partial charge in [-0.2, -0.15) is 5.26 Å². The van der Waals surface area contributed by atoms with E-state index >= 15 is 0 Å². The second kappa shape index (κ2) is 12.4. The second-order valence-corrected chi connectivity index (χ2v) is 7.53. The Morgan fingerprint density at radius 3 is 2.39 bits per heavy atom. The van der Waals surface area contributed by atoms with Crippen LogP contribution in [0.15, 0.2) is 42.0 Å². The Morgan fingerprint density at radius 1 is 1.12 bits per heavy atom. The Balaban J connectivity index is 2.25. The molecule has 9 nitrogen and oxygen atoms in total. The van der Waals surface area contributed by atoms with Crippen molar-refractivity contribution >= 4 is 52.2 Å². The second-order valence-electron chi connectivity index (χ2n) is 6.37. The number of nitrogens with one attached hydrogen (secondary N) is 1. The number of carboxylic acid groups (broad SMARTS) is 1. The van der Waals surface area contributed by atoms with Crippen molar-refractivity contribution in [2.75, 3.05) is 25.1 Å². The molecule has 10 heteroatoms. The fraction of sp³-hybridized carbons (Fsp3) is 0.217. The molecule has 2 aromatic carbocycles. The summed E-state index contributed by atoms with van der Waals surface area (Å²) in [5, 5.41) is 21.0. The summed E-state index contributed by atoms with van der Waals surface area (Å²) >= 11 is 1.96. The predicted molar refractivity (Wildman–Crippen MR) is 128 cm³/mol. The Labute approximate surface area is 204 Å². The highest BCUT2D eigenvalue weighted by atomic mass is 127. The summed E-state index contributed by atoms with van der Waals surface area (Å²) in [5.41, 5.74) is 1.07. The normalized spacial score (nSPS) is 10.7. The zero-order valence-corrected chi connectivity index (χ0v) is 20.0. The van der Waals surface area contributed by atoms with Crippen molar-refractivity contribution in [1.29, 1.82) is 5.26 Å². The molecule has 0 saturated heterocycles. The van der Waals surface area contributed by atoms with Gasteiger partial charge in [-0.1, -0.05) is 0 Å². The molecular weight excluding hydrogens is 543 g/mol. The van der Waals surface area contributed by atoms with E-state index < -0.39 is 24.5 Å². The first-order chi connectivity index (χ1) is 15.8. The smallest absolute Gasteiger partial charge is 0.341 e. The average molecular weight is 564 g/mol. The van der Waals surface area contributed by atoms with E-state index in [0.29, 0.717) is 32.7 Å². The first-order valence-corrected chi connectivity index (χ1v) is 10.9. The highest BCUT2D eigenvalue weighted by Crippen LogP contribution is 2.35. The van der Waals surface area contributed by atoms with E-state index in [1.807, 2.05) is 28.7 Å². The third kappa shape index (κ3) is 7.50. The number of carbonyl (C=O) groups excluding carboxylic acids is 2. The van der Waals surface area contributed by atoms with Crippen LogP contribution in [0.2, 0.25) is 0 Å². The van der Waals surface area contributed by atoms with Gasteiger partial charge in [-0.15, -0.1) is 0 Å². The third-order valence-corrected chi connectivity index (χ3v) is 4.80. The summed E-state index contributed by atoms with van der Waals surface area (Å²) < 4.78 is 16.3. The Morgan fingerprint density at radius 2 is 1.82 bits per heavy atom. The lowest BCUT2D eigenvalue weighted by Gasteiger charge is -2.13. The van der Waals surface area contributed by atoms with E-state index in [1.54, 1.807) is 26.0 Å². The van der Waals surface area contributed by atoms with Crippen LogP contribution in [0.3, 0.4) is 0 Å². The first-order valence-electron chi connectivity index (χ1n) is 9.80. The van der Waals surface area contributed by atoms with Gasteiger partial charge in [-0.25, -0.2) is 9.59 Å². The Bertz CT molecular complexity index is 1110. The topological polar surface area (TPSA) is 135 Å². The van der Waals surface area contributed by atoms with Gasteiger partial charge < -0.3 is 24.6 Å². The summed E-state index contributed by atoms with van der Waals surface area (Å²) in [4.78, 5) is 35.1. The van der Waals surface area contributed by atoms with E-state index in [4.69, 9.17) is 19.3 Å². The van der Waals surface area contributed by atoms with Gasteiger partial charge in [0, 0.05) is 5.69 Å². The molecule has 2 N–H and O–H groups in total. The minimum absolute atomic E-state index is 0.165. The van der Waals surface area contributed by atoms with E-state index in [1.165, 1.54) is 30.3 Å². The molecule has 0 bridgehead atoms. The van der Waals surface area contributed by atoms with Gasteiger partial charge in [0.05, 0.1) is 22.3 Å². The SMILES string of the molecule is CCOC(=O)c1ccc(NC(=O)/C(C#N)=C/c2cc(I)c(OCC(=O)O)c(OCC)c2)cc1. The number of carboxylic acids is 1. The number of anilines is 1. The van der Waals surface area contributed by atoms with Crippen molar-refractivity contribution in [2.24, 2.45) is 0 Å². The molecule has 0 aliphatic rings. The number of rotatable bonds is 10. The van der Waals surface area contributed by atoms with Crippen LogP contribution in [0.5, 0.6) is 11.5 Å². The number of amides is 1. The first kappa shape index (κ1) is 25.7. The number of esters is 1. The Kier molecular flexibility index (Phi) is 9.68. The van der Waals surface area contributed by atoms with Gasteiger partial charge in [-0.3, -0.25) is 4.79 Å². The standard InChI is InChI=1S/C23H21IN2O7/c1-3-31-19-11-14(10-18(24)21(19)33-13-20(27)28)9-16(12-25)22(29)26-17-7-5-15(6-8-17)23(30)32-4-2/h5-11H,3-4,13H2,1-2H3,(H,26,29)(H,27,28)/b16-9+. The predicted octanol–water partition coefficient (Wildman–Crippen LogP) is 3.88. The van der Waals surface area contributed by atoms with Crippen LogP contribution in [-0.2, 0) is 14.3 Å². The van der Waals surface area contributed by atoms with E-state index in [-0.39, 0.29) is 17.9 Å². The lowest BCUT2D eigenvalue weighted by Crippen LogP contribution is -2.14. The number of ether oxygens (including phenoxy) is 3. The van der Waals surface area contributed by atoms with Crippen LogP contribution < -0.4 is 14.8 Å². The largest absolute Gasteiger partial charge is 0.490 e. The fourth-order valence-electron chi connectivity index (χ4n) is 2.63. The number of aliphatic carboxylic acids is 1. The summed E-state index contributed by atoms with van der Waals surface area (Å²) in [5.74, 6) is -1.68. The number of hydrogen-bond donors (Lipinski definition) is 2. The molecule has 0 aromatic heterocycles. The van der Waals surface area contributed by atoms with E-state index in [2.05, 4.69) is 5.32 Å². The maximum absolute atomic E-state index is 12.6. The summed E-state index contributed by atoms with van der Waals surface area (Å²) in [6.07, 6.45) is 1.38. The number of hydrogen-bond acceptors (Lipinski definition) is 7. The van der Waals surface area contributed by atoms with Crippen LogP contribution in [0.4, 0.5) is 5.69 Å². The molecule has 0 unspecified atom stereocenters. The minimum atomic E-state index is -1.13. The maximum Gasteiger partial charge on any atom is 0.341 e. The highest BCUT2D eigenvalue weighted by molar-refractivity contribution is 14.1. The van der Waals surface area contributed by atoms with Crippen LogP contribution in [0.1, 0.15) is 29.8 Å². The third-order valence-electron chi connectivity index (χ3n) is 4.00. The molecule has 2 aromatic rings. The number of halogens is 1. The van der Waals surface area contributed by atoms with E-state index in [9.17, 15) is 19.6 Å². The van der Waals surface area contributed by atoms with Gasteiger partial charge >= 0.3 is 11.9 Å². The zero-order chi connectivity index (χ0) is 24.4. The van der Waals surface area contributed by atoms with Gasteiger partial charge in [0.1, 0.15) is 11.6 Å². The summed E-state index contributed by atoms with van der Waals surface area (Å²) in [6.45, 7) is 3.49. The number of nitrogens with zero attached hydrogens (tertiary/aromatic N) is 1. The zero-order valence-electron chi connectivity index (χ0n) is 17.9. The molecule has 0 aliphatic carbocycles. The molecule has 2 rings (SSSR count). The Hall–Kier alpha value is -3.59. The van der Waals surface area contributed by atoms with Crippen molar-refractivity contribution < 1.29 is 33.7 Å². The van der Waals surface area contributed by atoms with Gasteiger partial charge in [0.2, 0.25) is 0 Å². The summed E-state index contributed by atoms with van der Waals surface area (Å²) in [7, 11) is 0. The number of nitriles is 1. The van der Waals surface area contributed by atoms with Gasteiger partial charge in [0.15, 0.2) is 18.1 Å². The van der Waals surface area contributed by atoms with Crippen LogP contribution >= 0.6 is 22.6 Å². The molecule has 0 atom stereocenters. The van der Waals surface area contributed by atoms with Crippen molar-refractivity contribution in [3.8, 4) is 17.6 Å². The molecule has 0 radical (unpaired) electrons. The minimum Gasteiger partial charge on any atom is -0.490 e. The lowest BCUT2D eigenvalue weighted by atomic mass is 10.1.